The summed E-state index contributed by atoms with van der Waals surface area (Å²) in [5.41, 5.74) is 8.39. The van der Waals surface area contributed by atoms with Gasteiger partial charge in [0, 0.05) is 75.0 Å². The summed E-state index contributed by atoms with van der Waals surface area (Å²) in [5.74, 6) is 3.10. The number of H-pyrrole nitrogens is 1. The quantitative estimate of drug-likeness (QED) is 0.185. The Hall–Kier alpha value is -8.41. The fourth-order valence-electron chi connectivity index (χ4n) is 8.80. The van der Waals surface area contributed by atoms with Gasteiger partial charge in [-0.3, -0.25) is 4.57 Å². The summed E-state index contributed by atoms with van der Waals surface area (Å²) in [4.78, 5) is 31.1. The molecular formula is C58H37ClN8S2. The molecular weight excluding hydrogens is 908 g/mol. The zero-order chi connectivity index (χ0) is 46.1. The number of aromatic nitrogens is 8. The highest BCUT2D eigenvalue weighted by molar-refractivity contribution is 7.17. The van der Waals surface area contributed by atoms with Crippen LogP contribution in [0.3, 0.4) is 0 Å². The van der Waals surface area contributed by atoms with Gasteiger partial charge in [0.05, 0.1) is 11.0 Å². The van der Waals surface area contributed by atoms with Crippen LogP contribution in [0.15, 0.2) is 217 Å². The summed E-state index contributed by atoms with van der Waals surface area (Å²) in [7, 11) is 0. The zero-order valence-corrected chi connectivity index (χ0v) is 39.0. The third kappa shape index (κ3) is 8.16. The number of benzene rings is 8. The van der Waals surface area contributed by atoms with E-state index in [2.05, 4.69) is 120 Å². The van der Waals surface area contributed by atoms with Crippen molar-refractivity contribution in [3.63, 3.8) is 0 Å². The lowest BCUT2D eigenvalue weighted by Gasteiger charge is -2.10. The molecule has 14 rings (SSSR count). The number of rotatable bonds is 5. The molecule has 0 saturated heterocycles. The summed E-state index contributed by atoms with van der Waals surface area (Å²) in [5, 5.41) is 12.2. The van der Waals surface area contributed by atoms with Gasteiger partial charge in [-0.15, -0.1) is 22.7 Å². The van der Waals surface area contributed by atoms with Gasteiger partial charge in [-0.05, 0) is 70.9 Å². The number of thiophene rings is 2. The van der Waals surface area contributed by atoms with E-state index in [0.717, 1.165) is 33.3 Å². The van der Waals surface area contributed by atoms with Crippen LogP contribution < -0.4 is 0 Å². The van der Waals surface area contributed by atoms with Crippen LogP contribution in [0.1, 0.15) is 0 Å². The first-order valence-corrected chi connectivity index (χ1v) is 24.4. The molecule has 0 fully saturated rings. The molecule has 0 saturated carbocycles. The molecule has 0 amide bonds. The normalized spacial score (nSPS) is 11.3. The Morgan fingerprint density at radius 3 is 1.35 bits per heavy atom. The van der Waals surface area contributed by atoms with E-state index in [1.165, 1.54) is 52.8 Å². The van der Waals surface area contributed by atoms with Crippen molar-refractivity contribution in [3.8, 4) is 51.5 Å². The first kappa shape index (κ1) is 42.0. The van der Waals surface area contributed by atoms with Crippen LogP contribution in [-0.2, 0) is 0 Å². The average molecular weight is 946 g/mol. The third-order valence-electron chi connectivity index (χ3n) is 11.9. The van der Waals surface area contributed by atoms with Crippen molar-refractivity contribution in [2.75, 3.05) is 0 Å². The number of fused-ring (bicyclic) bond motifs is 10. The third-order valence-corrected chi connectivity index (χ3v) is 13.9. The second kappa shape index (κ2) is 18.3. The number of nitrogens with one attached hydrogen (secondary N) is 1. The average Bonchev–Trinajstić information content (AvgIpc) is 4.24. The number of aromatic amines is 1. The Morgan fingerprint density at radius 1 is 0.348 bits per heavy atom. The lowest BCUT2D eigenvalue weighted by atomic mass is 10.1. The molecule has 328 valence electrons. The van der Waals surface area contributed by atoms with E-state index in [0.29, 0.717) is 29.2 Å². The van der Waals surface area contributed by atoms with Crippen molar-refractivity contribution in [2.45, 2.75) is 0 Å². The Morgan fingerprint density at radius 2 is 0.797 bits per heavy atom. The number of hydrogen-bond donors (Lipinski definition) is 1. The van der Waals surface area contributed by atoms with E-state index in [9.17, 15) is 0 Å². The van der Waals surface area contributed by atoms with Crippen LogP contribution in [0.25, 0.3) is 115 Å². The minimum absolute atomic E-state index is 0.202. The van der Waals surface area contributed by atoms with Crippen LogP contribution in [0.5, 0.6) is 0 Å². The second-order valence-corrected chi connectivity index (χ2v) is 18.4. The summed E-state index contributed by atoms with van der Waals surface area (Å²) < 4.78 is 4.81. The molecule has 69 heavy (non-hydrogen) atoms. The lowest BCUT2D eigenvalue weighted by molar-refractivity contribution is 0.953. The summed E-state index contributed by atoms with van der Waals surface area (Å²) in [6.07, 6.45) is 0. The summed E-state index contributed by atoms with van der Waals surface area (Å²) >= 11 is 9.55. The van der Waals surface area contributed by atoms with Crippen molar-refractivity contribution in [1.82, 2.24) is 39.5 Å². The fourth-order valence-corrected chi connectivity index (χ4v) is 10.5. The van der Waals surface area contributed by atoms with E-state index < -0.39 is 0 Å². The van der Waals surface area contributed by atoms with Crippen LogP contribution in [-0.4, -0.2) is 39.5 Å². The minimum Gasteiger partial charge on any atom is -0.354 e. The molecule has 8 aromatic carbocycles. The molecule has 8 nitrogen and oxygen atoms in total. The monoisotopic (exact) mass is 944 g/mol. The number of nitrogens with zero attached hydrogens (tertiary/aromatic N) is 7. The highest BCUT2D eigenvalue weighted by Gasteiger charge is 2.19. The van der Waals surface area contributed by atoms with Gasteiger partial charge in [0.2, 0.25) is 11.2 Å². The topological polar surface area (TPSA) is 98.1 Å². The SMILES string of the molecule is Clc1nc(-c2ccccc2)nc(-c2ccccc2)n1.c1ccc(-c2nc(-c3ccccc3)nc(-n3c4ccccc4c4c5ccsc5ccc43)n2)cc1.c1ccc2c(c1)[nH]c1ccc3sccc3c12. The molecule has 1 N–H and O–H groups in total. The van der Waals surface area contributed by atoms with Gasteiger partial charge in [0.15, 0.2) is 23.3 Å². The summed E-state index contributed by atoms with van der Waals surface area (Å²) in [6, 6.07) is 69.8. The van der Waals surface area contributed by atoms with Crippen LogP contribution in [0.4, 0.5) is 0 Å². The number of halogens is 1. The molecule has 0 aliphatic rings. The maximum Gasteiger partial charge on any atom is 0.238 e. The number of para-hydroxylation sites is 2. The highest BCUT2D eigenvalue weighted by atomic mass is 35.5. The van der Waals surface area contributed by atoms with Gasteiger partial charge in [0.1, 0.15) is 0 Å². The fraction of sp³-hybridized carbons (Fsp3) is 0. The Kier molecular flexibility index (Phi) is 11.2. The minimum atomic E-state index is 0.202. The molecule has 11 heteroatoms. The van der Waals surface area contributed by atoms with Crippen LogP contribution in [0, 0.1) is 0 Å². The molecule has 6 aromatic heterocycles. The van der Waals surface area contributed by atoms with Crippen molar-refractivity contribution in [3.05, 3.63) is 222 Å². The first-order chi connectivity index (χ1) is 34.1. The van der Waals surface area contributed by atoms with E-state index >= 15 is 0 Å². The van der Waals surface area contributed by atoms with Gasteiger partial charge in [0.25, 0.3) is 0 Å². The lowest BCUT2D eigenvalue weighted by Crippen LogP contribution is -2.06. The Labute approximate surface area is 408 Å². The Bertz CT molecular complexity index is 3980. The van der Waals surface area contributed by atoms with Crippen LogP contribution >= 0.6 is 34.3 Å². The molecule has 0 aliphatic heterocycles. The predicted molar refractivity (Wildman–Crippen MR) is 287 cm³/mol. The van der Waals surface area contributed by atoms with Crippen molar-refractivity contribution < 1.29 is 0 Å². The molecule has 0 unspecified atom stereocenters. The summed E-state index contributed by atoms with van der Waals surface area (Å²) in [6.45, 7) is 0. The van der Waals surface area contributed by atoms with Gasteiger partial charge < -0.3 is 4.98 Å². The zero-order valence-electron chi connectivity index (χ0n) is 36.6. The van der Waals surface area contributed by atoms with E-state index in [1.54, 1.807) is 22.7 Å². The standard InChI is InChI=1S/C29H18N4S.C15H10ClN3.C14H9NS/c1-3-9-19(10-4-1)27-30-28(20-11-5-2-6-12-20)32-29(31-27)33-23-14-8-7-13-21(23)26-22-17-18-34-25(22)16-15-24(26)33;16-15-18-13(11-7-3-1-4-8-11)17-14(19-15)12-9-5-2-6-10-12;1-2-4-11-9(3-1)14-10-7-8-16-13(10)6-5-12(14)15-11/h1-18H;1-10H;1-8,15H. The van der Waals surface area contributed by atoms with E-state index in [1.807, 2.05) is 121 Å². The maximum atomic E-state index is 5.99. The van der Waals surface area contributed by atoms with Gasteiger partial charge in [-0.2, -0.15) is 19.9 Å². The maximum absolute atomic E-state index is 5.99. The van der Waals surface area contributed by atoms with Crippen LogP contribution in [0.2, 0.25) is 5.28 Å². The van der Waals surface area contributed by atoms with E-state index in [4.69, 9.17) is 26.6 Å². The molecule has 14 aromatic rings. The van der Waals surface area contributed by atoms with Gasteiger partial charge in [-0.25, -0.2) is 9.97 Å². The van der Waals surface area contributed by atoms with Crippen molar-refractivity contribution in [2.24, 2.45) is 0 Å². The molecule has 0 atom stereocenters. The predicted octanol–water partition coefficient (Wildman–Crippen LogP) is 15.9. The van der Waals surface area contributed by atoms with Gasteiger partial charge in [-0.1, -0.05) is 158 Å². The molecule has 6 heterocycles. The molecule has 0 radical (unpaired) electrons. The molecule has 0 spiro atoms. The molecule has 0 bridgehead atoms. The smallest absolute Gasteiger partial charge is 0.238 e. The second-order valence-electron chi connectivity index (χ2n) is 16.1. The number of hydrogen-bond acceptors (Lipinski definition) is 8. The Balaban J connectivity index is 0.000000118. The first-order valence-electron chi connectivity index (χ1n) is 22.3. The van der Waals surface area contributed by atoms with E-state index in [-0.39, 0.29) is 5.28 Å². The van der Waals surface area contributed by atoms with Crippen molar-refractivity contribution in [1.29, 1.82) is 0 Å². The largest absolute Gasteiger partial charge is 0.354 e. The molecule has 0 aliphatic carbocycles. The van der Waals surface area contributed by atoms with Crippen molar-refractivity contribution >= 4 is 98.1 Å². The van der Waals surface area contributed by atoms with Gasteiger partial charge >= 0.3 is 0 Å². The highest BCUT2D eigenvalue weighted by Crippen LogP contribution is 2.39.